The van der Waals surface area contributed by atoms with Crippen LogP contribution in [0.3, 0.4) is 0 Å². The molecule has 2 heterocycles. The van der Waals surface area contributed by atoms with Gasteiger partial charge in [-0.3, -0.25) is 10.1 Å². The Kier molecular flexibility index (Phi) is 5.77. The molecule has 0 aliphatic carbocycles. The predicted molar refractivity (Wildman–Crippen MR) is 117 cm³/mol. The predicted octanol–water partition coefficient (Wildman–Crippen LogP) is 2.02. The molecule has 10 heteroatoms. The number of imide groups is 1. The molecule has 1 fully saturated rings. The Balaban J connectivity index is 1.58. The minimum Gasteiger partial charge on any atom is -0.497 e. The maximum absolute atomic E-state index is 12.6. The van der Waals surface area contributed by atoms with Crippen molar-refractivity contribution in [2.75, 3.05) is 14.2 Å². The van der Waals surface area contributed by atoms with E-state index in [-0.39, 0.29) is 0 Å². The third-order valence-corrected chi connectivity index (χ3v) is 5.33. The molecule has 9 nitrogen and oxygen atoms in total. The molecule has 3 amide bonds. The molecular weight excluding hydrogens is 420 g/mol. The van der Waals surface area contributed by atoms with Gasteiger partial charge < -0.3 is 14.5 Å². The number of benzene rings is 2. The lowest BCUT2D eigenvalue weighted by atomic mass is 10.1. The second kappa shape index (κ2) is 8.65. The molecule has 2 aromatic rings. The monoisotopic (exact) mass is 440 g/mol. The number of ether oxygens (including phenoxy) is 1. The Morgan fingerprint density at radius 2 is 2.03 bits per heavy atom. The first kappa shape index (κ1) is 20.7. The molecule has 160 valence electrons. The molecule has 0 radical (unpaired) electrons. The zero-order chi connectivity index (χ0) is 22.0. The van der Waals surface area contributed by atoms with Gasteiger partial charge in [-0.15, -0.1) is 0 Å². The van der Waals surface area contributed by atoms with E-state index in [1.807, 2.05) is 42.5 Å². The summed E-state index contributed by atoms with van der Waals surface area (Å²) >= 11 is 6.12. The molecular formula is C21H21ClN6O3. The summed E-state index contributed by atoms with van der Waals surface area (Å²) in [6.07, 6.45) is 0.982. The normalized spacial score (nSPS) is 20.5. The third-order valence-electron chi connectivity index (χ3n) is 5.10. The van der Waals surface area contributed by atoms with Gasteiger partial charge in [-0.1, -0.05) is 23.7 Å². The van der Waals surface area contributed by atoms with Crippen LogP contribution in [-0.4, -0.2) is 60.3 Å². The molecule has 0 spiro atoms. The number of urea groups is 1. The highest BCUT2D eigenvalue weighted by atomic mass is 35.5. The Hall–Kier alpha value is -3.59. The lowest BCUT2D eigenvalue weighted by Crippen LogP contribution is -2.63. The number of nitrogens with one attached hydrogen (secondary N) is 2. The summed E-state index contributed by atoms with van der Waals surface area (Å²) in [6, 6.07) is 13.6. The van der Waals surface area contributed by atoms with Gasteiger partial charge >= 0.3 is 6.03 Å². The highest BCUT2D eigenvalue weighted by Gasteiger charge is 2.48. The minimum atomic E-state index is -0.680. The second-order valence-electron chi connectivity index (χ2n) is 7.12. The minimum absolute atomic E-state index is 0.362. The fourth-order valence-corrected chi connectivity index (χ4v) is 3.69. The second-order valence-corrected chi connectivity index (χ2v) is 7.55. The summed E-state index contributed by atoms with van der Waals surface area (Å²) in [5, 5.41) is 7.23. The van der Waals surface area contributed by atoms with Gasteiger partial charge in [0.1, 0.15) is 5.75 Å². The number of halogens is 1. The summed E-state index contributed by atoms with van der Waals surface area (Å²) < 4.78 is 5.15. The SMILES string of the molecule is COc1ccc(/C=N/NC2=NC3C(C(=O)NC(=O)N3C)N2Cc2cccc(Cl)c2)cc1. The molecule has 2 unspecified atom stereocenters. The van der Waals surface area contributed by atoms with Gasteiger partial charge in [0.05, 0.1) is 13.3 Å². The van der Waals surface area contributed by atoms with Crippen LogP contribution in [0.4, 0.5) is 4.79 Å². The van der Waals surface area contributed by atoms with Crippen molar-refractivity contribution in [1.82, 2.24) is 20.5 Å². The topological polar surface area (TPSA) is 98.6 Å². The highest BCUT2D eigenvalue weighted by molar-refractivity contribution is 6.30. The maximum Gasteiger partial charge on any atom is 0.325 e. The Morgan fingerprint density at radius 1 is 1.26 bits per heavy atom. The van der Waals surface area contributed by atoms with Gasteiger partial charge in [0, 0.05) is 18.6 Å². The maximum atomic E-state index is 12.6. The van der Waals surface area contributed by atoms with Crippen molar-refractivity contribution in [2.24, 2.45) is 10.1 Å². The van der Waals surface area contributed by atoms with Crippen LogP contribution in [0.5, 0.6) is 5.75 Å². The van der Waals surface area contributed by atoms with Gasteiger partial charge in [-0.25, -0.2) is 15.2 Å². The lowest BCUT2D eigenvalue weighted by Gasteiger charge is -2.36. The van der Waals surface area contributed by atoms with Crippen molar-refractivity contribution in [3.05, 3.63) is 64.7 Å². The number of carbonyl (C=O) groups is 2. The van der Waals surface area contributed by atoms with E-state index in [9.17, 15) is 9.59 Å². The number of hydrogen-bond donors (Lipinski definition) is 2. The average molecular weight is 441 g/mol. The van der Waals surface area contributed by atoms with Crippen LogP contribution >= 0.6 is 11.6 Å². The summed E-state index contributed by atoms with van der Waals surface area (Å²) in [5.74, 6) is 0.729. The number of carbonyl (C=O) groups excluding carboxylic acids is 2. The molecule has 1 saturated heterocycles. The van der Waals surface area contributed by atoms with E-state index in [1.54, 1.807) is 31.3 Å². The lowest BCUT2D eigenvalue weighted by molar-refractivity contribution is -0.127. The fraction of sp³-hybridized carbons (Fsp3) is 0.238. The fourth-order valence-electron chi connectivity index (χ4n) is 3.48. The Bertz CT molecular complexity index is 1060. The zero-order valence-electron chi connectivity index (χ0n) is 16.9. The van der Waals surface area contributed by atoms with Gasteiger partial charge in [0.15, 0.2) is 12.2 Å². The number of hydrazone groups is 1. The number of amides is 3. The molecule has 31 heavy (non-hydrogen) atoms. The zero-order valence-corrected chi connectivity index (χ0v) is 17.7. The average Bonchev–Trinajstić information content (AvgIpc) is 3.11. The summed E-state index contributed by atoms with van der Waals surface area (Å²) in [5.41, 5.74) is 4.67. The van der Waals surface area contributed by atoms with E-state index >= 15 is 0 Å². The molecule has 0 aromatic heterocycles. The number of aliphatic imine (C=N–C) groups is 1. The number of likely N-dealkylation sites (N-methyl/N-ethyl adjacent to an activating group) is 1. The van der Waals surface area contributed by atoms with E-state index < -0.39 is 24.1 Å². The van der Waals surface area contributed by atoms with Crippen LogP contribution in [-0.2, 0) is 11.3 Å². The molecule has 0 saturated carbocycles. The molecule has 0 bridgehead atoms. The van der Waals surface area contributed by atoms with Crippen molar-refractivity contribution in [3.63, 3.8) is 0 Å². The van der Waals surface area contributed by atoms with Crippen molar-refractivity contribution in [2.45, 2.75) is 18.8 Å². The smallest absolute Gasteiger partial charge is 0.325 e. The first-order chi connectivity index (χ1) is 15.0. The van der Waals surface area contributed by atoms with Crippen molar-refractivity contribution >= 4 is 35.7 Å². The molecule has 2 aliphatic heterocycles. The number of guanidine groups is 1. The van der Waals surface area contributed by atoms with Crippen molar-refractivity contribution in [3.8, 4) is 5.75 Å². The molecule has 2 aliphatic rings. The quantitative estimate of drug-likeness (QED) is 0.547. The van der Waals surface area contributed by atoms with Crippen LogP contribution in [0.25, 0.3) is 0 Å². The first-order valence-corrected chi connectivity index (χ1v) is 9.94. The number of nitrogens with zero attached hydrogens (tertiary/aromatic N) is 4. The van der Waals surface area contributed by atoms with Gasteiger partial charge in [-0.05, 0) is 47.5 Å². The summed E-state index contributed by atoms with van der Waals surface area (Å²) in [7, 11) is 3.21. The third kappa shape index (κ3) is 4.31. The number of fused-ring (bicyclic) bond motifs is 1. The summed E-state index contributed by atoms with van der Waals surface area (Å²) in [6.45, 7) is 0.362. The van der Waals surface area contributed by atoms with E-state index in [4.69, 9.17) is 16.3 Å². The van der Waals surface area contributed by atoms with Crippen LogP contribution < -0.4 is 15.5 Å². The highest BCUT2D eigenvalue weighted by Crippen LogP contribution is 2.25. The van der Waals surface area contributed by atoms with Gasteiger partial charge in [0.2, 0.25) is 5.96 Å². The standard InChI is InChI=1S/C21H21ClN6O3/c1-27-18-17(19(29)25-21(27)30)28(12-14-4-3-5-15(22)10-14)20(24-18)26-23-11-13-6-8-16(31-2)9-7-13/h3-11,17-18H,12H2,1-2H3,(H,24,26)(H,25,29,30)/b23-11+. The van der Waals surface area contributed by atoms with Crippen LogP contribution in [0.2, 0.25) is 5.02 Å². The van der Waals surface area contributed by atoms with Crippen molar-refractivity contribution in [1.29, 1.82) is 0 Å². The van der Waals surface area contributed by atoms with Gasteiger partial charge in [0.25, 0.3) is 5.91 Å². The van der Waals surface area contributed by atoms with E-state index in [0.717, 1.165) is 16.9 Å². The Labute approximate surface area is 184 Å². The van der Waals surface area contributed by atoms with E-state index in [0.29, 0.717) is 17.5 Å². The van der Waals surface area contributed by atoms with Crippen LogP contribution in [0, 0.1) is 0 Å². The van der Waals surface area contributed by atoms with Gasteiger partial charge in [-0.2, -0.15) is 5.10 Å². The number of methoxy groups -OCH3 is 1. The molecule has 2 N–H and O–H groups in total. The van der Waals surface area contributed by atoms with E-state index in [2.05, 4.69) is 20.8 Å². The Morgan fingerprint density at radius 3 is 2.74 bits per heavy atom. The van der Waals surface area contributed by atoms with Crippen LogP contribution in [0.1, 0.15) is 11.1 Å². The molecule has 2 aromatic carbocycles. The summed E-state index contributed by atoms with van der Waals surface area (Å²) in [4.78, 5) is 32.4. The first-order valence-electron chi connectivity index (χ1n) is 9.56. The largest absolute Gasteiger partial charge is 0.497 e. The van der Waals surface area contributed by atoms with Crippen LogP contribution in [0.15, 0.2) is 58.6 Å². The van der Waals surface area contributed by atoms with Crippen molar-refractivity contribution < 1.29 is 14.3 Å². The number of rotatable bonds is 5. The molecule has 4 rings (SSSR count). The molecule has 2 atom stereocenters. The number of hydrogen-bond acceptors (Lipinski definition) is 7. The van der Waals surface area contributed by atoms with E-state index in [1.165, 1.54) is 4.90 Å².